The lowest BCUT2D eigenvalue weighted by molar-refractivity contribution is 0.650. The minimum Gasteiger partial charge on any atom is -0.234 e. The summed E-state index contributed by atoms with van der Waals surface area (Å²) in [5, 5.41) is 0.665. The van der Waals surface area contributed by atoms with E-state index in [1.165, 1.54) is 0 Å². The highest BCUT2D eigenvalue weighted by atomic mass is 79.9. The fourth-order valence-corrected chi connectivity index (χ4v) is 2.88. The number of nitrogens with zero attached hydrogens (tertiary/aromatic N) is 1. The van der Waals surface area contributed by atoms with Crippen molar-refractivity contribution in [2.75, 3.05) is 0 Å². The van der Waals surface area contributed by atoms with Gasteiger partial charge in [0.1, 0.15) is 11.0 Å². The molecule has 1 unspecified atom stereocenters. The molecule has 0 amide bonds. The molecular formula is C13H17BrClNOS. The summed E-state index contributed by atoms with van der Waals surface area (Å²) in [7, 11) is -1.25. The van der Waals surface area contributed by atoms with Gasteiger partial charge >= 0.3 is 0 Å². The summed E-state index contributed by atoms with van der Waals surface area (Å²) in [6, 6.07) is 5.53. The summed E-state index contributed by atoms with van der Waals surface area (Å²) in [6.45, 7) is 7.74. The van der Waals surface area contributed by atoms with Crippen LogP contribution in [0.15, 0.2) is 27.1 Å². The molecule has 0 N–H and O–H groups in total. The molecule has 0 saturated carbocycles. The zero-order valence-corrected chi connectivity index (χ0v) is 14.1. The highest BCUT2D eigenvalue weighted by molar-refractivity contribution is 9.10. The van der Waals surface area contributed by atoms with E-state index in [1.807, 2.05) is 45.9 Å². The Balaban J connectivity index is 3.18. The van der Waals surface area contributed by atoms with Crippen molar-refractivity contribution in [3.05, 3.63) is 33.3 Å². The molecule has 1 atom stereocenters. The number of benzene rings is 1. The topological polar surface area (TPSA) is 29.4 Å². The van der Waals surface area contributed by atoms with Gasteiger partial charge in [-0.2, -0.15) is 4.40 Å². The molecule has 0 aliphatic carbocycles. The summed E-state index contributed by atoms with van der Waals surface area (Å²) >= 11 is 9.38. The largest absolute Gasteiger partial charge is 0.234 e. The SMILES string of the molecule is CCC(=NS(=O)C(C)(C)C)c1ccc(Cl)cc1Br. The maximum Gasteiger partial charge on any atom is 0.145 e. The van der Waals surface area contributed by atoms with E-state index in [0.29, 0.717) is 5.02 Å². The second-order valence-corrected chi connectivity index (χ2v) is 8.07. The Bertz CT molecular complexity index is 494. The van der Waals surface area contributed by atoms with Crippen LogP contribution in [0.4, 0.5) is 0 Å². The van der Waals surface area contributed by atoms with Crippen molar-refractivity contribution in [2.45, 2.75) is 38.9 Å². The summed E-state index contributed by atoms with van der Waals surface area (Å²) < 4.78 is 16.9. The van der Waals surface area contributed by atoms with Gasteiger partial charge in [-0.1, -0.05) is 40.5 Å². The van der Waals surface area contributed by atoms with Gasteiger partial charge in [0, 0.05) is 15.1 Å². The fourth-order valence-electron chi connectivity index (χ4n) is 1.26. The highest BCUT2D eigenvalue weighted by Gasteiger charge is 2.20. The lowest BCUT2D eigenvalue weighted by atomic mass is 10.1. The predicted octanol–water partition coefficient (Wildman–Crippen LogP) is 4.76. The van der Waals surface area contributed by atoms with Crippen LogP contribution in [0.5, 0.6) is 0 Å². The molecule has 1 rings (SSSR count). The molecule has 0 saturated heterocycles. The Morgan fingerprint density at radius 2 is 2.06 bits per heavy atom. The van der Waals surface area contributed by atoms with Crippen LogP contribution in [0.25, 0.3) is 0 Å². The lowest BCUT2D eigenvalue weighted by Crippen LogP contribution is -2.21. The van der Waals surface area contributed by atoms with Crippen LogP contribution in [0.1, 0.15) is 39.7 Å². The van der Waals surface area contributed by atoms with Gasteiger partial charge in [0.15, 0.2) is 0 Å². The first-order valence-electron chi connectivity index (χ1n) is 5.70. The summed E-state index contributed by atoms with van der Waals surface area (Å²) in [5.41, 5.74) is 1.77. The van der Waals surface area contributed by atoms with Crippen molar-refractivity contribution in [2.24, 2.45) is 4.40 Å². The first-order chi connectivity index (χ1) is 8.25. The quantitative estimate of drug-likeness (QED) is 0.722. The van der Waals surface area contributed by atoms with Gasteiger partial charge in [0.25, 0.3) is 0 Å². The van der Waals surface area contributed by atoms with Crippen LogP contribution in [-0.2, 0) is 11.0 Å². The number of hydrogen-bond donors (Lipinski definition) is 0. The number of rotatable bonds is 3. The molecular weight excluding hydrogens is 334 g/mol. The van der Waals surface area contributed by atoms with Crippen LogP contribution in [0.2, 0.25) is 5.02 Å². The van der Waals surface area contributed by atoms with Gasteiger partial charge in [0.2, 0.25) is 0 Å². The van der Waals surface area contributed by atoms with E-state index in [2.05, 4.69) is 20.3 Å². The molecule has 0 spiro atoms. The first kappa shape index (κ1) is 15.9. The molecule has 1 aromatic rings. The molecule has 0 fully saturated rings. The maximum atomic E-state index is 12.1. The van der Waals surface area contributed by atoms with E-state index in [0.717, 1.165) is 22.2 Å². The third kappa shape index (κ3) is 4.18. The Hall–Kier alpha value is -0.190. The van der Waals surface area contributed by atoms with Gasteiger partial charge in [0.05, 0.1) is 10.5 Å². The van der Waals surface area contributed by atoms with Gasteiger partial charge in [-0.15, -0.1) is 0 Å². The Morgan fingerprint density at radius 3 is 2.50 bits per heavy atom. The summed E-state index contributed by atoms with van der Waals surface area (Å²) in [5.74, 6) is 0. The zero-order chi connectivity index (χ0) is 13.9. The van der Waals surface area contributed by atoms with Crippen molar-refractivity contribution in [3.8, 4) is 0 Å². The van der Waals surface area contributed by atoms with E-state index >= 15 is 0 Å². The van der Waals surface area contributed by atoms with E-state index in [1.54, 1.807) is 0 Å². The van der Waals surface area contributed by atoms with Crippen molar-refractivity contribution in [3.63, 3.8) is 0 Å². The standard InChI is InChI=1S/C13H17BrClNOS/c1-5-12(16-18(17)13(2,3)4)10-7-6-9(15)8-11(10)14/h6-8H,5H2,1-4H3. The molecule has 2 nitrogen and oxygen atoms in total. The van der Waals surface area contributed by atoms with E-state index in [-0.39, 0.29) is 4.75 Å². The summed E-state index contributed by atoms with van der Waals surface area (Å²) in [4.78, 5) is 0. The van der Waals surface area contributed by atoms with Crippen LogP contribution < -0.4 is 0 Å². The minimum atomic E-state index is -1.25. The van der Waals surface area contributed by atoms with E-state index in [9.17, 15) is 4.21 Å². The molecule has 0 aromatic heterocycles. The third-order valence-electron chi connectivity index (χ3n) is 2.29. The molecule has 0 aliphatic rings. The van der Waals surface area contributed by atoms with E-state index in [4.69, 9.17) is 11.6 Å². The van der Waals surface area contributed by atoms with Crippen LogP contribution in [0, 0.1) is 0 Å². The molecule has 0 radical (unpaired) electrons. The Morgan fingerprint density at radius 1 is 1.44 bits per heavy atom. The molecule has 100 valence electrons. The number of hydrogen-bond acceptors (Lipinski definition) is 1. The van der Waals surface area contributed by atoms with E-state index < -0.39 is 11.0 Å². The van der Waals surface area contributed by atoms with Crippen molar-refractivity contribution >= 4 is 44.2 Å². The average Bonchev–Trinajstić information content (AvgIpc) is 2.25. The molecule has 5 heteroatoms. The van der Waals surface area contributed by atoms with Gasteiger partial charge in [-0.3, -0.25) is 0 Å². The lowest BCUT2D eigenvalue weighted by Gasteiger charge is -2.15. The Labute approximate surface area is 125 Å². The second kappa shape index (κ2) is 6.31. The minimum absolute atomic E-state index is 0.348. The second-order valence-electron chi connectivity index (χ2n) is 4.88. The summed E-state index contributed by atoms with van der Waals surface area (Å²) in [6.07, 6.45) is 0.724. The van der Waals surface area contributed by atoms with Gasteiger partial charge < -0.3 is 0 Å². The van der Waals surface area contributed by atoms with Crippen LogP contribution in [-0.4, -0.2) is 14.7 Å². The third-order valence-corrected chi connectivity index (χ3v) is 4.62. The highest BCUT2D eigenvalue weighted by Crippen LogP contribution is 2.24. The first-order valence-corrected chi connectivity index (χ1v) is 7.98. The van der Waals surface area contributed by atoms with Crippen LogP contribution in [0.3, 0.4) is 0 Å². The van der Waals surface area contributed by atoms with Crippen molar-refractivity contribution in [1.29, 1.82) is 0 Å². The molecule has 0 aliphatic heterocycles. The van der Waals surface area contributed by atoms with Crippen LogP contribution >= 0.6 is 27.5 Å². The average molecular weight is 351 g/mol. The number of halogens is 2. The molecule has 1 aromatic carbocycles. The fraction of sp³-hybridized carbons (Fsp3) is 0.462. The molecule has 0 heterocycles. The van der Waals surface area contributed by atoms with Crippen molar-refractivity contribution in [1.82, 2.24) is 0 Å². The van der Waals surface area contributed by atoms with Gasteiger partial charge in [-0.05, 0) is 39.3 Å². The zero-order valence-electron chi connectivity index (χ0n) is 11.0. The predicted molar refractivity (Wildman–Crippen MR) is 83.9 cm³/mol. The van der Waals surface area contributed by atoms with Gasteiger partial charge in [-0.25, -0.2) is 4.21 Å². The maximum absolute atomic E-state index is 12.1. The van der Waals surface area contributed by atoms with Crippen molar-refractivity contribution < 1.29 is 4.21 Å². The normalized spacial score (nSPS) is 14.7. The molecule has 0 bridgehead atoms. The smallest absolute Gasteiger partial charge is 0.145 e. The Kier molecular flexibility index (Phi) is 5.56. The monoisotopic (exact) mass is 349 g/mol. The molecule has 18 heavy (non-hydrogen) atoms.